The second-order valence-corrected chi connectivity index (χ2v) is 17.2. The topological polar surface area (TPSA) is 165 Å². The normalized spacial score (nSPS) is 13.2. The molecule has 1 aliphatic rings. The highest BCUT2D eigenvalue weighted by atomic mass is 32.2. The van der Waals surface area contributed by atoms with Gasteiger partial charge in [0.15, 0.2) is 0 Å². The molecule has 4 N–H and O–H groups in total. The smallest absolute Gasteiger partial charge is 0.253 e. The molecule has 0 bridgehead atoms. The van der Waals surface area contributed by atoms with E-state index in [9.17, 15) is 28.4 Å². The zero-order valence-electron chi connectivity index (χ0n) is 36.2. The molecule has 13 nitrogen and oxygen atoms in total. The fraction of sp³-hybridized carbons (Fsp3) is 0.500. The van der Waals surface area contributed by atoms with E-state index < -0.39 is 23.1 Å². The van der Waals surface area contributed by atoms with Crippen LogP contribution in [0, 0.1) is 17.0 Å². The summed E-state index contributed by atoms with van der Waals surface area (Å²) in [5, 5.41) is 5.63. The summed E-state index contributed by atoms with van der Waals surface area (Å²) in [6, 6.07) is 14.6. The number of nitrogens with two attached hydrogens (primary N) is 1. The van der Waals surface area contributed by atoms with Gasteiger partial charge in [0.05, 0.1) is 38.2 Å². The monoisotopic (exact) mass is 880 g/mol. The Morgan fingerprint density at radius 2 is 1.50 bits per heavy atom. The van der Waals surface area contributed by atoms with Gasteiger partial charge < -0.3 is 35.3 Å². The van der Waals surface area contributed by atoms with Gasteiger partial charge in [0.1, 0.15) is 11.6 Å². The van der Waals surface area contributed by atoms with Crippen LogP contribution in [-0.2, 0) is 40.0 Å². The van der Waals surface area contributed by atoms with E-state index in [0.717, 1.165) is 29.8 Å². The molecule has 3 aromatic rings. The maximum absolute atomic E-state index is 15.1. The van der Waals surface area contributed by atoms with Crippen molar-refractivity contribution in [1.29, 1.82) is 0 Å². The molecule has 62 heavy (non-hydrogen) atoms. The van der Waals surface area contributed by atoms with E-state index >= 15 is 4.39 Å². The molecule has 0 radical (unpaired) electrons. The lowest BCUT2D eigenvalue weighted by molar-refractivity contribution is -0.137. The Morgan fingerprint density at radius 1 is 0.839 bits per heavy atom. The van der Waals surface area contributed by atoms with E-state index in [1.807, 2.05) is 52.1 Å². The lowest BCUT2D eigenvalue weighted by Crippen LogP contribution is -2.44. The molecular weight excluding hydrogens is 819 g/mol. The van der Waals surface area contributed by atoms with Gasteiger partial charge in [0.25, 0.3) is 11.8 Å². The van der Waals surface area contributed by atoms with Crippen molar-refractivity contribution >= 4 is 41.3 Å². The molecule has 338 valence electrons. The van der Waals surface area contributed by atoms with Crippen LogP contribution in [0.25, 0.3) is 11.1 Å². The number of imide groups is 1. The first-order valence-corrected chi connectivity index (χ1v) is 22.4. The largest absolute Gasteiger partial charge is 0.377 e. The highest BCUT2D eigenvalue weighted by Gasteiger charge is 2.37. The van der Waals surface area contributed by atoms with Gasteiger partial charge in [-0.15, -0.1) is 0 Å². The minimum atomic E-state index is -0.544. The summed E-state index contributed by atoms with van der Waals surface area (Å²) in [6.07, 6.45) is 7.54. The third kappa shape index (κ3) is 16.4. The van der Waals surface area contributed by atoms with Gasteiger partial charge in [-0.3, -0.25) is 28.9 Å². The summed E-state index contributed by atoms with van der Waals surface area (Å²) in [4.78, 5) is 64.8. The van der Waals surface area contributed by atoms with Crippen molar-refractivity contribution in [3.8, 4) is 11.1 Å². The minimum Gasteiger partial charge on any atom is -0.377 e. The summed E-state index contributed by atoms with van der Waals surface area (Å²) in [5.41, 5.74) is 7.95. The summed E-state index contributed by atoms with van der Waals surface area (Å²) in [7, 11) is 0. The minimum absolute atomic E-state index is 0.0848. The highest BCUT2D eigenvalue weighted by Crippen LogP contribution is 2.41. The van der Waals surface area contributed by atoms with E-state index in [-0.39, 0.29) is 47.3 Å². The molecule has 0 fully saturated rings. The Bertz CT molecular complexity index is 1940. The lowest BCUT2D eigenvalue weighted by atomic mass is 9.83. The third-order valence-corrected chi connectivity index (χ3v) is 11.0. The zero-order valence-corrected chi connectivity index (χ0v) is 37.0. The van der Waals surface area contributed by atoms with Crippen LogP contribution in [0.1, 0.15) is 76.6 Å². The predicted octanol–water partition coefficient (Wildman–Crippen LogP) is 5.62. The number of carbonyl (C=O) groups excluding carboxylic acids is 5. The van der Waals surface area contributed by atoms with Gasteiger partial charge in [-0.25, -0.2) is 8.78 Å². The number of thioether (sulfide) groups is 1. The maximum Gasteiger partial charge on any atom is 0.253 e. The molecule has 0 saturated heterocycles. The molecule has 0 aliphatic carbocycles. The van der Waals surface area contributed by atoms with E-state index in [2.05, 4.69) is 31.4 Å². The Kier molecular flexibility index (Phi) is 20.8. The zero-order chi connectivity index (χ0) is 44.9. The molecule has 2 aromatic carbocycles. The first kappa shape index (κ1) is 49.8. The fourth-order valence-corrected chi connectivity index (χ4v) is 7.90. The number of unbranched alkanes of at least 4 members (excludes halogenated alkanes) is 2. The van der Waals surface area contributed by atoms with Crippen molar-refractivity contribution in [3.05, 3.63) is 95.8 Å². The standard InChI is InChI=1S/C46H62F2N6O7S/c1-46(2,3)45(39-29-35(37-30-36(47)14-15-38(37)48)32-52(39)31-34-11-6-4-7-12-34)54(23-10-19-49)44(59)33-62-28-18-41(56)51-21-25-61-27-26-60-24-20-50-40(55)13-8-5-9-22-53-42(57)16-17-43(53)58/h4,6-7,11-12,14-17,29-30,32,45H,5,8-10,13,18-28,31,33,49H2,1-3H3,(H,50,55)(H,51,56). The fourth-order valence-electron chi connectivity index (χ4n) is 7.09. The Hall–Kier alpha value is -4.90. The molecule has 16 heteroatoms. The number of ether oxygens (including phenoxy) is 2. The molecule has 1 unspecified atom stereocenters. The van der Waals surface area contributed by atoms with Crippen LogP contribution in [0.4, 0.5) is 8.78 Å². The van der Waals surface area contributed by atoms with E-state index in [1.54, 1.807) is 0 Å². The van der Waals surface area contributed by atoms with E-state index in [1.165, 1.54) is 34.9 Å². The van der Waals surface area contributed by atoms with Crippen LogP contribution in [0.15, 0.2) is 72.9 Å². The third-order valence-electron chi connectivity index (χ3n) is 10.1. The Balaban J connectivity index is 1.16. The summed E-state index contributed by atoms with van der Waals surface area (Å²) < 4.78 is 42.5. The number of benzene rings is 2. The van der Waals surface area contributed by atoms with Gasteiger partial charge in [0.2, 0.25) is 17.7 Å². The average Bonchev–Trinajstić information content (AvgIpc) is 3.79. The van der Waals surface area contributed by atoms with Crippen LogP contribution in [0.5, 0.6) is 0 Å². The highest BCUT2D eigenvalue weighted by molar-refractivity contribution is 7.99. The number of aromatic nitrogens is 1. The summed E-state index contributed by atoms with van der Waals surface area (Å²) in [5.74, 6) is -1.44. The number of nitrogens with one attached hydrogen (secondary N) is 2. The number of rotatable bonds is 28. The first-order chi connectivity index (χ1) is 29.8. The number of nitrogens with zero attached hydrogens (tertiary/aromatic N) is 3. The number of carbonyl (C=O) groups is 5. The summed E-state index contributed by atoms with van der Waals surface area (Å²) >= 11 is 1.38. The van der Waals surface area contributed by atoms with Crippen molar-refractivity contribution in [2.45, 2.75) is 71.9 Å². The molecule has 1 aliphatic heterocycles. The number of hydrogen-bond acceptors (Lipinski definition) is 9. The van der Waals surface area contributed by atoms with Crippen LogP contribution >= 0.6 is 11.8 Å². The van der Waals surface area contributed by atoms with Gasteiger partial charge in [0, 0.05) is 86.5 Å². The van der Waals surface area contributed by atoms with Crippen molar-refractivity contribution in [1.82, 2.24) is 25.0 Å². The van der Waals surface area contributed by atoms with Gasteiger partial charge in [-0.05, 0) is 61.1 Å². The quantitative estimate of drug-likeness (QED) is 0.0621. The van der Waals surface area contributed by atoms with E-state index in [0.29, 0.717) is 103 Å². The van der Waals surface area contributed by atoms with Crippen molar-refractivity contribution in [2.24, 2.45) is 11.1 Å². The van der Waals surface area contributed by atoms with Crippen LogP contribution in [0.3, 0.4) is 0 Å². The number of halogens is 2. The van der Waals surface area contributed by atoms with Crippen LogP contribution < -0.4 is 16.4 Å². The average molecular weight is 881 g/mol. The maximum atomic E-state index is 15.1. The lowest BCUT2D eigenvalue weighted by Gasteiger charge is -2.41. The van der Waals surface area contributed by atoms with E-state index in [4.69, 9.17) is 15.2 Å². The Labute approximate surface area is 368 Å². The molecular formula is C46H62F2N6O7S. The molecule has 2 heterocycles. The molecule has 4 rings (SSSR count). The van der Waals surface area contributed by atoms with Crippen molar-refractivity contribution in [2.75, 3.05) is 70.7 Å². The van der Waals surface area contributed by atoms with Crippen LogP contribution in [-0.4, -0.2) is 115 Å². The number of hydrogen-bond donors (Lipinski definition) is 3. The second kappa shape index (κ2) is 25.9. The molecule has 5 amide bonds. The van der Waals surface area contributed by atoms with Crippen LogP contribution in [0.2, 0.25) is 0 Å². The molecule has 1 aromatic heterocycles. The molecule has 0 saturated carbocycles. The molecule has 0 spiro atoms. The van der Waals surface area contributed by atoms with Gasteiger partial charge in [-0.2, -0.15) is 11.8 Å². The van der Waals surface area contributed by atoms with Crippen molar-refractivity contribution < 1.29 is 42.2 Å². The van der Waals surface area contributed by atoms with Crippen molar-refractivity contribution in [3.63, 3.8) is 0 Å². The first-order valence-electron chi connectivity index (χ1n) is 21.3. The van der Waals surface area contributed by atoms with Gasteiger partial charge in [-0.1, -0.05) is 57.5 Å². The molecule has 1 atom stereocenters. The van der Waals surface area contributed by atoms with Gasteiger partial charge >= 0.3 is 0 Å². The number of amides is 5. The predicted molar refractivity (Wildman–Crippen MR) is 237 cm³/mol. The summed E-state index contributed by atoms with van der Waals surface area (Å²) in [6.45, 7) is 9.76. The Morgan fingerprint density at radius 3 is 2.15 bits per heavy atom. The SMILES string of the molecule is CC(C)(C)C(c1cc(-c2cc(F)ccc2F)cn1Cc1ccccc1)N(CCCN)C(=O)CSCCC(=O)NCCOCCOCCNC(=O)CCCCCN1C(=O)C=CC1=O. The second-order valence-electron chi connectivity index (χ2n) is 16.1.